The highest BCUT2D eigenvalue weighted by molar-refractivity contribution is 7.89. The maximum absolute atomic E-state index is 13.0. The molecule has 1 aliphatic carbocycles. The number of benzene rings is 2. The van der Waals surface area contributed by atoms with Crippen LogP contribution >= 0.6 is 0 Å². The van der Waals surface area contributed by atoms with Gasteiger partial charge in [-0.05, 0) is 43.5 Å². The minimum absolute atomic E-state index is 0.0778. The molecule has 1 aliphatic heterocycles. The van der Waals surface area contributed by atoms with E-state index in [1.165, 1.54) is 20.2 Å². The van der Waals surface area contributed by atoms with E-state index < -0.39 is 15.9 Å². The fourth-order valence-corrected chi connectivity index (χ4v) is 4.83. The molecule has 8 heteroatoms. The van der Waals surface area contributed by atoms with Crippen molar-refractivity contribution in [1.82, 2.24) is 4.31 Å². The third-order valence-electron chi connectivity index (χ3n) is 5.40. The van der Waals surface area contributed by atoms with Crippen molar-refractivity contribution in [3.63, 3.8) is 0 Å². The molecule has 0 saturated heterocycles. The molecule has 0 aromatic heterocycles. The van der Waals surface area contributed by atoms with E-state index in [-0.39, 0.29) is 16.5 Å². The number of ether oxygens (including phenoxy) is 1. The van der Waals surface area contributed by atoms with Crippen LogP contribution in [0.4, 0.5) is 11.4 Å². The summed E-state index contributed by atoms with van der Waals surface area (Å²) in [7, 11) is -0.793. The van der Waals surface area contributed by atoms with Gasteiger partial charge in [0.05, 0.1) is 16.9 Å². The average Bonchev–Trinajstić information content (AvgIpc) is 3.12. The Bertz CT molecular complexity index is 1070. The van der Waals surface area contributed by atoms with Crippen LogP contribution in [0.5, 0.6) is 11.5 Å². The normalized spacial score (nSPS) is 16.6. The predicted molar refractivity (Wildman–Crippen MR) is 112 cm³/mol. The number of nitrogens with one attached hydrogen (secondary N) is 2. The molecule has 2 aromatic carbocycles. The van der Waals surface area contributed by atoms with Gasteiger partial charge in [-0.25, -0.2) is 12.7 Å². The summed E-state index contributed by atoms with van der Waals surface area (Å²) >= 11 is 0. The van der Waals surface area contributed by atoms with Gasteiger partial charge in [0.25, 0.3) is 5.91 Å². The van der Waals surface area contributed by atoms with Crippen LogP contribution in [0, 0.1) is 6.92 Å². The van der Waals surface area contributed by atoms with Crippen LogP contribution < -0.4 is 15.4 Å². The molecule has 0 spiro atoms. The molecule has 7 nitrogen and oxygen atoms in total. The van der Waals surface area contributed by atoms with E-state index in [4.69, 9.17) is 4.74 Å². The first-order chi connectivity index (χ1) is 13.8. The number of carbonyl (C=O) groups is 1. The Hall–Kier alpha value is -2.58. The summed E-state index contributed by atoms with van der Waals surface area (Å²) in [6.07, 6.45) is 4.21. The molecule has 2 aromatic rings. The molecule has 0 bridgehead atoms. The van der Waals surface area contributed by atoms with E-state index in [0.29, 0.717) is 22.9 Å². The number of amides is 1. The van der Waals surface area contributed by atoms with Crippen LogP contribution in [0.1, 0.15) is 41.6 Å². The summed E-state index contributed by atoms with van der Waals surface area (Å²) in [5, 5.41) is 6.20. The highest BCUT2D eigenvalue weighted by atomic mass is 32.2. The lowest BCUT2D eigenvalue weighted by Gasteiger charge is -2.21. The molecule has 1 fully saturated rings. The molecular formula is C21H25N3O4S. The van der Waals surface area contributed by atoms with E-state index in [0.717, 1.165) is 35.6 Å². The zero-order chi connectivity index (χ0) is 20.8. The van der Waals surface area contributed by atoms with Gasteiger partial charge in [-0.15, -0.1) is 0 Å². The van der Waals surface area contributed by atoms with E-state index in [2.05, 4.69) is 10.6 Å². The predicted octanol–water partition coefficient (Wildman–Crippen LogP) is 3.96. The first-order valence-corrected chi connectivity index (χ1v) is 11.2. The molecule has 1 heterocycles. The van der Waals surface area contributed by atoms with Gasteiger partial charge in [0.2, 0.25) is 10.0 Å². The van der Waals surface area contributed by atoms with E-state index in [1.807, 2.05) is 19.1 Å². The highest BCUT2D eigenvalue weighted by Gasteiger charge is 2.30. The van der Waals surface area contributed by atoms with Crippen molar-refractivity contribution in [2.45, 2.75) is 43.5 Å². The third kappa shape index (κ3) is 3.70. The van der Waals surface area contributed by atoms with Crippen molar-refractivity contribution >= 4 is 27.3 Å². The summed E-state index contributed by atoms with van der Waals surface area (Å²) in [5.74, 6) is 0.466. The molecule has 1 amide bonds. The van der Waals surface area contributed by atoms with E-state index in [1.54, 1.807) is 12.1 Å². The average molecular weight is 416 g/mol. The maximum atomic E-state index is 13.0. The molecule has 2 N–H and O–H groups in total. The van der Waals surface area contributed by atoms with E-state index in [9.17, 15) is 13.2 Å². The smallest absolute Gasteiger partial charge is 0.259 e. The SMILES string of the molecule is Cc1ccc2c(c1)NC(=O)c1cc(S(=O)(=O)N(C)C)c(NC3CCCC3)cc1O2. The molecule has 1 saturated carbocycles. The number of nitrogens with zero attached hydrogens (tertiary/aromatic N) is 1. The van der Waals surface area contributed by atoms with Crippen LogP contribution in [-0.2, 0) is 10.0 Å². The van der Waals surface area contributed by atoms with Gasteiger partial charge >= 0.3 is 0 Å². The fourth-order valence-electron chi connectivity index (χ4n) is 3.77. The topological polar surface area (TPSA) is 87.7 Å². The van der Waals surface area contributed by atoms with Gasteiger partial charge in [-0.1, -0.05) is 18.9 Å². The number of hydrogen-bond donors (Lipinski definition) is 2. The number of carbonyl (C=O) groups excluding carboxylic acids is 1. The molecule has 29 heavy (non-hydrogen) atoms. The lowest BCUT2D eigenvalue weighted by Crippen LogP contribution is -2.25. The van der Waals surface area contributed by atoms with Gasteiger partial charge in [0, 0.05) is 26.2 Å². The fraction of sp³-hybridized carbons (Fsp3) is 0.381. The Labute approximate surface area is 171 Å². The first kappa shape index (κ1) is 19.7. The second-order valence-corrected chi connectivity index (χ2v) is 9.93. The van der Waals surface area contributed by atoms with Gasteiger partial charge in [0.1, 0.15) is 10.6 Å². The lowest BCUT2D eigenvalue weighted by molar-refractivity contribution is 0.102. The Morgan fingerprint density at radius 1 is 1.10 bits per heavy atom. The Kier molecular flexibility index (Phi) is 5.00. The highest BCUT2D eigenvalue weighted by Crippen LogP contribution is 2.40. The molecule has 0 atom stereocenters. The summed E-state index contributed by atoms with van der Waals surface area (Å²) < 4.78 is 33.1. The second-order valence-electron chi connectivity index (χ2n) is 7.81. The van der Waals surface area contributed by atoms with Crippen molar-refractivity contribution in [3.05, 3.63) is 41.5 Å². The standard InChI is InChI=1S/C21H25N3O4S/c1-13-8-9-18-16(10-13)23-21(25)15-11-20(29(26,27)24(2)3)17(12-19(15)28-18)22-14-6-4-5-7-14/h8-12,14,22H,4-7H2,1-3H3,(H,23,25). The van der Waals surface area contributed by atoms with E-state index >= 15 is 0 Å². The number of hydrogen-bond acceptors (Lipinski definition) is 5. The number of rotatable bonds is 4. The molecule has 0 radical (unpaired) electrons. The van der Waals surface area contributed by atoms with Crippen LogP contribution in [-0.4, -0.2) is 38.8 Å². The molecule has 4 rings (SSSR count). The third-order valence-corrected chi connectivity index (χ3v) is 7.26. The zero-order valence-corrected chi connectivity index (χ0v) is 17.6. The Morgan fingerprint density at radius 3 is 2.52 bits per heavy atom. The second kappa shape index (κ2) is 7.35. The summed E-state index contributed by atoms with van der Waals surface area (Å²) in [4.78, 5) is 12.9. The molecular weight excluding hydrogens is 390 g/mol. The van der Waals surface area contributed by atoms with Crippen molar-refractivity contribution in [1.29, 1.82) is 0 Å². The number of fused-ring (bicyclic) bond motifs is 2. The monoisotopic (exact) mass is 415 g/mol. The molecule has 0 unspecified atom stereocenters. The van der Waals surface area contributed by atoms with Gasteiger partial charge in [0.15, 0.2) is 5.75 Å². The summed E-state index contributed by atoms with van der Waals surface area (Å²) in [6, 6.07) is 8.79. The van der Waals surface area contributed by atoms with Crippen molar-refractivity contribution in [3.8, 4) is 11.5 Å². The summed E-state index contributed by atoms with van der Waals surface area (Å²) in [5.41, 5.74) is 2.20. The van der Waals surface area contributed by atoms with Crippen LogP contribution in [0.15, 0.2) is 35.2 Å². The number of aryl methyl sites for hydroxylation is 1. The Balaban J connectivity index is 1.85. The number of anilines is 2. The van der Waals surface area contributed by atoms with Gasteiger partial charge in [-0.3, -0.25) is 4.79 Å². The molecule has 154 valence electrons. The minimum Gasteiger partial charge on any atom is -0.454 e. The van der Waals surface area contributed by atoms with Crippen LogP contribution in [0.3, 0.4) is 0 Å². The largest absolute Gasteiger partial charge is 0.454 e. The Morgan fingerprint density at radius 2 is 1.83 bits per heavy atom. The first-order valence-electron chi connectivity index (χ1n) is 9.72. The van der Waals surface area contributed by atoms with Crippen molar-refractivity contribution in [2.24, 2.45) is 0 Å². The lowest BCUT2D eigenvalue weighted by atomic mass is 10.1. The quantitative estimate of drug-likeness (QED) is 0.789. The van der Waals surface area contributed by atoms with Crippen molar-refractivity contribution in [2.75, 3.05) is 24.7 Å². The van der Waals surface area contributed by atoms with Crippen LogP contribution in [0.25, 0.3) is 0 Å². The zero-order valence-electron chi connectivity index (χ0n) is 16.8. The molecule has 2 aliphatic rings. The van der Waals surface area contributed by atoms with Gasteiger partial charge < -0.3 is 15.4 Å². The van der Waals surface area contributed by atoms with Crippen molar-refractivity contribution < 1.29 is 17.9 Å². The maximum Gasteiger partial charge on any atom is 0.259 e. The van der Waals surface area contributed by atoms with Gasteiger partial charge in [-0.2, -0.15) is 0 Å². The minimum atomic E-state index is -3.76. The van der Waals surface area contributed by atoms with Crippen LogP contribution in [0.2, 0.25) is 0 Å². The summed E-state index contributed by atoms with van der Waals surface area (Å²) in [6.45, 7) is 1.93. The number of sulfonamides is 1.